The van der Waals surface area contributed by atoms with Gasteiger partial charge in [0.25, 0.3) is 0 Å². The van der Waals surface area contributed by atoms with Crippen molar-refractivity contribution in [3.8, 4) is 0 Å². The molecule has 6 atom stereocenters. The standard InChI is InChI=1S/C21H25NO4/c1-13-10-11-20-18-9-8-15(12-17(18)14(2)23)21(20,25-13)22(19(24)26-20)16-6-4-3-5-7-16/h3-7,13,15,17-18H,8-12H2,1-2H3/t13?,15-,17-,18+,20-,21-/m0/s1. The van der Waals surface area contributed by atoms with E-state index in [1.807, 2.05) is 30.3 Å². The summed E-state index contributed by atoms with van der Waals surface area (Å²) >= 11 is 0. The van der Waals surface area contributed by atoms with Gasteiger partial charge in [0.05, 0.1) is 11.8 Å². The third-order valence-corrected chi connectivity index (χ3v) is 7.23. The molecule has 26 heavy (non-hydrogen) atoms. The molecule has 1 aromatic carbocycles. The first-order valence-corrected chi connectivity index (χ1v) is 9.76. The third kappa shape index (κ3) is 1.80. The van der Waals surface area contributed by atoms with Crippen molar-refractivity contribution in [2.45, 2.75) is 63.4 Å². The molecular formula is C21H25NO4. The van der Waals surface area contributed by atoms with E-state index in [1.165, 1.54) is 0 Å². The van der Waals surface area contributed by atoms with Crippen LogP contribution in [0.2, 0.25) is 0 Å². The van der Waals surface area contributed by atoms with Crippen LogP contribution in [-0.4, -0.2) is 29.3 Å². The average Bonchev–Trinajstić information content (AvgIpc) is 2.93. The molecular weight excluding hydrogens is 330 g/mol. The van der Waals surface area contributed by atoms with E-state index in [2.05, 4.69) is 6.92 Å². The van der Waals surface area contributed by atoms with Gasteiger partial charge in [-0.15, -0.1) is 0 Å². The molecule has 3 aliphatic carbocycles. The summed E-state index contributed by atoms with van der Waals surface area (Å²) in [7, 11) is 0. The number of ether oxygens (including phenoxy) is 2. The molecule has 2 heterocycles. The second-order valence-corrected chi connectivity index (χ2v) is 8.43. The van der Waals surface area contributed by atoms with Gasteiger partial charge in [0, 0.05) is 17.8 Å². The number of carbonyl (C=O) groups excluding carboxylic acids is 2. The van der Waals surface area contributed by atoms with E-state index in [1.54, 1.807) is 11.8 Å². The average molecular weight is 355 g/mol. The molecule has 0 spiro atoms. The highest BCUT2D eigenvalue weighted by molar-refractivity contribution is 5.93. The number of amides is 1. The Balaban J connectivity index is 1.71. The Kier molecular flexibility index (Phi) is 3.34. The van der Waals surface area contributed by atoms with Crippen LogP contribution in [0.15, 0.2) is 30.3 Å². The summed E-state index contributed by atoms with van der Waals surface area (Å²) < 4.78 is 12.8. The van der Waals surface area contributed by atoms with Crippen molar-refractivity contribution in [3.63, 3.8) is 0 Å². The largest absolute Gasteiger partial charge is 0.437 e. The molecule has 1 amide bonds. The van der Waals surface area contributed by atoms with Gasteiger partial charge in [-0.05, 0) is 58.1 Å². The molecule has 3 saturated carbocycles. The summed E-state index contributed by atoms with van der Waals surface area (Å²) in [5.41, 5.74) is -0.664. The number of Topliss-reactive ketones (excluding diaryl/α,β-unsaturated/α-hetero) is 1. The Labute approximate surface area is 153 Å². The summed E-state index contributed by atoms with van der Waals surface area (Å²) in [5.74, 6) is 0.365. The lowest BCUT2D eigenvalue weighted by atomic mass is 9.50. The fraction of sp³-hybridized carbons (Fsp3) is 0.619. The molecule has 6 rings (SSSR count). The highest BCUT2D eigenvalue weighted by Gasteiger charge is 2.79. The number of nitrogens with zero attached hydrogens (tertiary/aromatic N) is 1. The Bertz CT molecular complexity index is 765. The van der Waals surface area contributed by atoms with Gasteiger partial charge in [0.2, 0.25) is 0 Å². The number of hydrogen-bond acceptors (Lipinski definition) is 4. The number of anilines is 1. The lowest BCUT2D eigenvalue weighted by Gasteiger charge is -2.64. The van der Waals surface area contributed by atoms with Crippen molar-refractivity contribution in [1.82, 2.24) is 0 Å². The Morgan fingerprint density at radius 2 is 1.96 bits per heavy atom. The summed E-state index contributed by atoms with van der Waals surface area (Å²) in [6.45, 7) is 3.76. The topological polar surface area (TPSA) is 55.8 Å². The number of para-hydroxylation sites is 1. The van der Waals surface area contributed by atoms with Gasteiger partial charge in [0.15, 0.2) is 11.3 Å². The first-order valence-electron chi connectivity index (χ1n) is 9.76. The molecule has 138 valence electrons. The zero-order valence-corrected chi connectivity index (χ0v) is 15.3. The number of ketones is 1. The van der Waals surface area contributed by atoms with Crippen LogP contribution in [0, 0.1) is 17.8 Å². The highest BCUT2D eigenvalue weighted by Crippen LogP contribution is 2.67. The molecule has 1 unspecified atom stereocenters. The smallest absolute Gasteiger partial charge is 0.417 e. The van der Waals surface area contributed by atoms with Crippen LogP contribution in [-0.2, 0) is 14.3 Å². The van der Waals surface area contributed by atoms with Crippen LogP contribution < -0.4 is 4.90 Å². The van der Waals surface area contributed by atoms with Crippen LogP contribution in [0.3, 0.4) is 0 Å². The molecule has 0 aromatic heterocycles. The molecule has 2 aliphatic heterocycles. The van der Waals surface area contributed by atoms with E-state index in [0.717, 1.165) is 37.8 Å². The molecule has 2 saturated heterocycles. The molecule has 2 bridgehead atoms. The lowest BCUT2D eigenvalue weighted by molar-refractivity contribution is -0.292. The predicted octanol–water partition coefficient (Wildman–Crippen LogP) is 3.91. The Morgan fingerprint density at radius 1 is 1.19 bits per heavy atom. The molecule has 1 aromatic rings. The van der Waals surface area contributed by atoms with Crippen molar-refractivity contribution in [2.24, 2.45) is 17.8 Å². The molecule has 0 N–H and O–H groups in total. The minimum atomic E-state index is -0.780. The minimum absolute atomic E-state index is 0.0256. The SMILES string of the molecule is CC(=O)[C@@H]1C[C@@H]2CC[C@H]1[C@@]13CCC(C)O[C@@]21N(c1ccccc1)C(=O)O3. The number of benzene rings is 1. The number of carbonyl (C=O) groups is 2. The Morgan fingerprint density at radius 3 is 2.69 bits per heavy atom. The normalized spacial score (nSPS) is 43.6. The fourth-order valence-electron chi connectivity index (χ4n) is 6.32. The molecule has 5 fully saturated rings. The van der Waals surface area contributed by atoms with Crippen molar-refractivity contribution < 1.29 is 19.1 Å². The van der Waals surface area contributed by atoms with Gasteiger partial charge in [-0.3, -0.25) is 4.79 Å². The first-order chi connectivity index (χ1) is 12.5. The van der Waals surface area contributed by atoms with E-state index in [-0.39, 0.29) is 35.7 Å². The van der Waals surface area contributed by atoms with Gasteiger partial charge in [-0.2, -0.15) is 0 Å². The van der Waals surface area contributed by atoms with Crippen LogP contribution in [0.4, 0.5) is 10.5 Å². The zero-order chi connectivity index (χ0) is 18.1. The van der Waals surface area contributed by atoms with Gasteiger partial charge in [0.1, 0.15) is 5.78 Å². The predicted molar refractivity (Wildman–Crippen MR) is 95.6 cm³/mol. The van der Waals surface area contributed by atoms with Crippen molar-refractivity contribution in [3.05, 3.63) is 30.3 Å². The summed E-state index contributed by atoms with van der Waals surface area (Å²) in [4.78, 5) is 27.3. The van der Waals surface area contributed by atoms with Gasteiger partial charge in [-0.1, -0.05) is 18.2 Å². The number of hydrogen-bond donors (Lipinski definition) is 0. The van der Waals surface area contributed by atoms with Crippen LogP contribution in [0.25, 0.3) is 0 Å². The summed E-state index contributed by atoms with van der Waals surface area (Å²) in [5, 5.41) is 0. The molecule has 5 nitrogen and oxygen atoms in total. The van der Waals surface area contributed by atoms with E-state index in [4.69, 9.17) is 9.47 Å². The van der Waals surface area contributed by atoms with Crippen LogP contribution in [0.1, 0.15) is 46.0 Å². The maximum atomic E-state index is 13.1. The Hall–Kier alpha value is -1.88. The van der Waals surface area contributed by atoms with E-state index < -0.39 is 11.3 Å². The van der Waals surface area contributed by atoms with Crippen molar-refractivity contribution >= 4 is 17.6 Å². The molecule has 5 heteroatoms. The van der Waals surface area contributed by atoms with E-state index >= 15 is 0 Å². The van der Waals surface area contributed by atoms with E-state index in [9.17, 15) is 9.59 Å². The van der Waals surface area contributed by atoms with Crippen LogP contribution in [0.5, 0.6) is 0 Å². The quantitative estimate of drug-likeness (QED) is 0.807. The highest BCUT2D eigenvalue weighted by atomic mass is 16.6. The lowest BCUT2D eigenvalue weighted by Crippen LogP contribution is -2.76. The zero-order valence-electron chi connectivity index (χ0n) is 15.3. The summed E-state index contributed by atoms with van der Waals surface area (Å²) in [6, 6.07) is 9.70. The number of fused-ring (bicyclic) bond motifs is 2. The minimum Gasteiger partial charge on any atom is -0.437 e. The van der Waals surface area contributed by atoms with Gasteiger partial charge < -0.3 is 9.47 Å². The van der Waals surface area contributed by atoms with E-state index in [0.29, 0.717) is 0 Å². The van der Waals surface area contributed by atoms with Crippen LogP contribution >= 0.6 is 0 Å². The monoisotopic (exact) mass is 355 g/mol. The van der Waals surface area contributed by atoms with Gasteiger partial charge >= 0.3 is 6.09 Å². The number of rotatable bonds is 2. The maximum Gasteiger partial charge on any atom is 0.417 e. The second-order valence-electron chi connectivity index (χ2n) is 8.43. The van der Waals surface area contributed by atoms with Crippen molar-refractivity contribution in [2.75, 3.05) is 4.90 Å². The summed E-state index contributed by atoms with van der Waals surface area (Å²) in [6.07, 6.45) is 4.06. The van der Waals surface area contributed by atoms with Gasteiger partial charge in [-0.25, -0.2) is 9.69 Å². The fourth-order valence-corrected chi connectivity index (χ4v) is 6.32. The third-order valence-electron chi connectivity index (χ3n) is 7.23. The second kappa shape index (κ2) is 5.32. The maximum absolute atomic E-state index is 13.1. The van der Waals surface area contributed by atoms with Crippen molar-refractivity contribution in [1.29, 1.82) is 0 Å². The molecule has 5 aliphatic rings. The first kappa shape index (κ1) is 16.3. The molecule has 0 radical (unpaired) electrons.